The Balaban J connectivity index is 2.60. The second-order valence-electron chi connectivity index (χ2n) is 2.50. The summed E-state index contributed by atoms with van der Waals surface area (Å²) in [6, 6.07) is 0. The summed E-state index contributed by atoms with van der Waals surface area (Å²) in [5.74, 6) is -0.0522. The minimum atomic E-state index is -0.883. The highest BCUT2D eigenvalue weighted by atomic mass is 17.1. The molecule has 0 amide bonds. The van der Waals surface area contributed by atoms with E-state index >= 15 is 0 Å². The van der Waals surface area contributed by atoms with Gasteiger partial charge in [-0.1, -0.05) is 0 Å². The lowest BCUT2D eigenvalue weighted by atomic mass is 10.1. The summed E-state index contributed by atoms with van der Waals surface area (Å²) in [7, 11) is 0. The highest BCUT2D eigenvalue weighted by Crippen LogP contribution is 2.12. The number of ketones is 1. The first kappa shape index (κ1) is 8.39. The van der Waals surface area contributed by atoms with Gasteiger partial charge in [0, 0.05) is 6.42 Å². The van der Waals surface area contributed by atoms with Crippen molar-refractivity contribution < 1.29 is 20.0 Å². The second kappa shape index (κ2) is 3.61. The maximum Gasteiger partial charge on any atom is 0.155 e. The normalized spacial score (nSPS) is 32.0. The number of carbonyl (C=O) groups excluding carboxylic acids is 1. The lowest BCUT2D eigenvalue weighted by molar-refractivity contribution is -0.293. The van der Waals surface area contributed by atoms with E-state index in [1.54, 1.807) is 0 Å². The highest BCUT2D eigenvalue weighted by Gasteiger charge is 2.21. The van der Waals surface area contributed by atoms with Crippen LogP contribution in [0.5, 0.6) is 0 Å². The van der Waals surface area contributed by atoms with Crippen molar-refractivity contribution in [3.63, 3.8) is 0 Å². The molecule has 0 fully saturated rings. The molecule has 0 saturated carbocycles. The van der Waals surface area contributed by atoms with E-state index in [2.05, 4.69) is 4.89 Å². The van der Waals surface area contributed by atoms with Crippen LogP contribution in [0.25, 0.3) is 0 Å². The van der Waals surface area contributed by atoms with Crippen LogP contribution in [0.3, 0.4) is 0 Å². The van der Waals surface area contributed by atoms with Crippen LogP contribution in [0.1, 0.15) is 12.8 Å². The SMILES string of the molecule is O=C1C=C[C@H](O)C(OO)CC1. The van der Waals surface area contributed by atoms with Crippen LogP contribution in [-0.4, -0.2) is 28.4 Å². The quantitative estimate of drug-likeness (QED) is 0.420. The fourth-order valence-corrected chi connectivity index (χ4v) is 0.984. The molecule has 0 spiro atoms. The van der Waals surface area contributed by atoms with Gasteiger partial charge in [-0.2, -0.15) is 0 Å². The Bertz CT molecular complexity index is 175. The molecule has 0 aromatic carbocycles. The first-order valence-corrected chi connectivity index (χ1v) is 3.43. The van der Waals surface area contributed by atoms with Crippen molar-refractivity contribution in [1.82, 2.24) is 0 Å². The van der Waals surface area contributed by atoms with Gasteiger partial charge in [-0.15, -0.1) is 0 Å². The molecule has 0 aromatic heterocycles. The molecule has 0 aromatic rings. The van der Waals surface area contributed by atoms with Crippen molar-refractivity contribution >= 4 is 5.78 Å². The maximum absolute atomic E-state index is 10.8. The molecule has 0 bridgehead atoms. The van der Waals surface area contributed by atoms with E-state index in [4.69, 9.17) is 10.4 Å². The van der Waals surface area contributed by atoms with Gasteiger partial charge in [-0.3, -0.25) is 10.1 Å². The number of allylic oxidation sites excluding steroid dienone is 1. The first-order chi connectivity index (χ1) is 5.24. The molecule has 4 heteroatoms. The van der Waals surface area contributed by atoms with E-state index in [9.17, 15) is 4.79 Å². The van der Waals surface area contributed by atoms with E-state index in [1.165, 1.54) is 12.2 Å². The van der Waals surface area contributed by atoms with Crippen LogP contribution in [0.2, 0.25) is 0 Å². The summed E-state index contributed by atoms with van der Waals surface area (Å²) in [6.45, 7) is 0. The third-order valence-electron chi connectivity index (χ3n) is 1.67. The Hall–Kier alpha value is -0.710. The van der Waals surface area contributed by atoms with E-state index in [0.29, 0.717) is 12.8 Å². The van der Waals surface area contributed by atoms with Crippen molar-refractivity contribution in [3.05, 3.63) is 12.2 Å². The standard InChI is InChI=1S/C7H10O4/c8-5-1-3-6(9)7(11-10)4-2-5/h1,3,6-7,9-10H,2,4H2/t6-,7?/m0/s1. The molecule has 2 N–H and O–H groups in total. The third-order valence-corrected chi connectivity index (χ3v) is 1.67. The van der Waals surface area contributed by atoms with Crippen molar-refractivity contribution in [2.75, 3.05) is 0 Å². The Morgan fingerprint density at radius 3 is 3.00 bits per heavy atom. The zero-order valence-corrected chi connectivity index (χ0v) is 5.93. The van der Waals surface area contributed by atoms with Gasteiger partial charge in [0.1, 0.15) is 12.2 Å². The highest BCUT2D eigenvalue weighted by molar-refractivity contribution is 5.89. The summed E-state index contributed by atoms with van der Waals surface area (Å²) < 4.78 is 0. The zero-order chi connectivity index (χ0) is 8.27. The molecule has 11 heavy (non-hydrogen) atoms. The molecular formula is C7H10O4. The van der Waals surface area contributed by atoms with Gasteiger partial charge in [-0.05, 0) is 18.6 Å². The maximum atomic E-state index is 10.8. The van der Waals surface area contributed by atoms with E-state index in [-0.39, 0.29) is 5.78 Å². The van der Waals surface area contributed by atoms with Crippen LogP contribution < -0.4 is 0 Å². The molecule has 62 valence electrons. The molecule has 2 atom stereocenters. The summed E-state index contributed by atoms with van der Waals surface area (Å²) in [6.07, 6.45) is 1.74. The van der Waals surface area contributed by atoms with Gasteiger partial charge in [0.15, 0.2) is 5.78 Å². The van der Waals surface area contributed by atoms with Crippen LogP contribution in [-0.2, 0) is 9.68 Å². The van der Waals surface area contributed by atoms with Crippen LogP contribution >= 0.6 is 0 Å². The van der Waals surface area contributed by atoms with Gasteiger partial charge < -0.3 is 5.11 Å². The van der Waals surface area contributed by atoms with Gasteiger partial charge >= 0.3 is 0 Å². The Kier molecular flexibility index (Phi) is 2.76. The number of aliphatic hydroxyl groups excluding tert-OH is 1. The first-order valence-electron chi connectivity index (χ1n) is 3.43. The molecule has 1 unspecified atom stereocenters. The number of carbonyl (C=O) groups is 1. The van der Waals surface area contributed by atoms with Crippen LogP contribution in [0, 0.1) is 0 Å². The Labute approximate surface area is 64.0 Å². The number of rotatable bonds is 1. The van der Waals surface area contributed by atoms with E-state index in [1.807, 2.05) is 0 Å². The second-order valence-corrected chi connectivity index (χ2v) is 2.50. The molecule has 4 nitrogen and oxygen atoms in total. The summed E-state index contributed by atoms with van der Waals surface area (Å²) >= 11 is 0. The van der Waals surface area contributed by atoms with Crippen molar-refractivity contribution in [3.8, 4) is 0 Å². The third kappa shape index (κ3) is 2.11. The Morgan fingerprint density at radius 1 is 1.64 bits per heavy atom. The molecule has 0 aliphatic heterocycles. The Morgan fingerprint density at radius 2 is 2.36 bits per heavy atom. The average Bonchev–Trinajstić information content (AvgIpc) is 2.15. The molecule has 1 aliphatic carbocycles. The van der Waals surface area contributed by atoms with Gasteiger partial charge in [0.25, 0.3) is 0 Å². The van der Waals surface area contributed by atoms with E-state index in [0.717, 1.165) is 0 Å². The topological polar surface area (TPSA) is 66.8 Å². The minimum absolute atomic E-state index is 0.0522. The average molecular weight is 158 g/mol. The largest absolute Gasteiger partial charge is 0.386 e. The fraction of sp³-hybridized carbons (Fsp3) is 0.571. The molecule has 0 radical (unpaired) electrons. The monoisotopic (exact) mass is 158 g/mol. The number of hydrogen-bond donors (Lipinski definition) is 2. The van der Waals surface area contributed by atoms with Crippen LogP contribution in [0.4, 0.5) is 0 Å². The fourth-order valence-electron chi connectivity index (χ4n) is 0.984. The number of aliphatic hydroxyl groups is 1. The molecule has 0 heterocycles. The summed E-state index contributed by atoms with van der Waals surface area (Å²) in [4.78, 5) is 14.7. The van der Waals surface area contributed by atoms with Crippen LogP contribution in [0.15, 0.2) is 12.2 Å². The molecule has 1 aliphatic rings. The van der Waals surface area contributed by atoms with Crippen molar-refractivity contribution in [1.29, 1.82) is 0 Å². The van der Waals surface area contributed by atoms with E-state index < -0.39 is 12.2 Å². The molecule has 0 saturated heterocycles. The van der Waals surface area contributed by atoms with Crippen molar-refractivity contribution in [2.45, 2.75) is 25.0 Å². The van der Waals surface area contributed by atoms with Gasteiger partial charge in [-0.25, -0.2) is 4.89 Å². The summed E-state index contributed by atoms with van der Waals surface area (Å²) in [5.41, 5.74) is 0. The molecule has 1 rings (SSSR count). The lowest BCUT2D eigenvalue weighted by Gasteiger charge is -2.13. The predicted molar refractivity (Wildman–Crippen MR) is 36.9 cm³/mol. The van der Waals surface area contributed by atoms with Gasteiger partial charge in [0.2, 0.25) is 0 Å². The lowest BCUT2D eigenvalue weighted by Crippen LogP contribution is -2.25. The smallest absolute Gasteiger partial charge is 0.155 e. The number of hydrogen-bond acceptors (Lipinski definition) is 4. The molecular weight excluding hydrogens is 148 g/mol. The minimum Gasteiger partial charge on any atom is -0.386 e. The van der Waals surface area contributed by atoms with Gasteiger partial charge in [0.05, 0.1) is 0 Å². The van der Waals surface area contributed by atoms with Crippen molar-refractivity contribution in [2.24, 2.45) is 0 Å². The summed E-state index contributed by atoms with van der Waals surface area (Å²) in [5, 5.41) is 17.4. The zero-order valence-electron chi connectivity index (χ0n) is 5.93. The predicted octanol–water partition coefficient (Wildman–Crippen LogP) is 0.125.